The summed E-state index contributed by atoms with van der Waals surface area (Å²) < 4.78 is 39.0. The van der Waals surface area contributed by atoms with Gasteiger partial charge in [-0.1, -0.05) is 26.0 Å². The first-order valence-corrected chi connectivity index (χ1v) is 10.5. The number of hydrogen-bond acceptors (Lipinski definition) is 3. The zero-order valence-electron chi connectivity index (χ0n) is 17.7. The van der Waals surface area contributed by atoms with Crippen LogP contribution in [0.5, 0.6) is 0 Å². The highest BCUT2D eigenvalue weighted by molar-refractivity contribution is 5.78. The molecule has 2 unspecified atom stereocenters. The van der Waals surface area contributed by atoms with Gasteiger partial charge in [0.15, 0.2) is 0 Å². The Hall–Kier alpha value is -1.60. The lowest BCUT2D eigenvalue weighted by molar-refractivity contribution is -0.137. The molecule has 0 saturated carbocycles. The Bertz CT molecular complexity index is 670. The molecule has 4 nitrogen and oxygen atoms in total. The monoisotopic (exact) mass is 414 g/mol. The lowest BCUT2D eigenvalue weighted by Crippen LogP contribution is -2.50. The second kappa shape index (κ2) is 9.94. The molecule has 1 amide bonds. The molecular formula is C22H33F3N2O2. The van der Waals surface area contributed by atoms with Gasteiger partial charge in [-0.15, -0.1) is 0 Å². The Morgan fingerprint density at radius 3 is 2.38 bits per heavy atom. The van der Waals surface area contributed by atoms with Crippen molar-refractivity contribution in [1.29, 1.82) is 0 Å². The summed E-state index contributed by atoms with van der Waals surface area (Å²) in [7, 11) is 0. The third-order valence-corrected chi connectivity index (χ3v) is 6.14. The number of likely N-dealkylation sites (tertiary alicyclic amines) is 1. The predicted molar refractivity (Wildman–Crippen MR) is 107 cm³/mol. The van der Waals surface area contributed by atoms with E-state index in [1.807, 2.05) is 0 Å². The first-order chi connectivity index (χ1) is 13.6. The third-order valence-electron chi connectivity index (χ3n) is 6.14. The number of aliphatic hydroxyl groups is 1. The number of nitrogens with zero attached hydrogens (tertiary/aromatic N) is 2. The first kappa shape index (κ1) is 23.7. The number of rotatable bonds is 9. The van der Waals surface area contributed by atoms with Crippen LogP contribution in [-0.2, 0) is 17.5 Å². The van der Waals surface area contributed by atoms with Crippen LogP contribution in [0.3, 0.4) is 0 Å². The average molecular weight is 415 g/mol. The third kappa shape index (κ3) is 5.95. The van der Waals surface area contributed by atoms with Crippen molar-refractivity contribution in [2.24, 2.45) is 0 Å². The van der Waals surface area contributed by atoms with Crippen LogP contribution >= 0.6 is 0 Å². The van der Waals surface area contributed by atoms with E-state index in [0.29, 0.717) is 37.0 Å². The quantitative estimate of drug-likeness (QED) is 0.649. The lowest BCUT2D eigenvalue weighted by Gasteiger charge is -2.38. The average Bonchev–Trinajstić information content (AvgIpc) is 3.04. The number of carbonyl (C=O) groups excluding carboxylic acids is 1. The highest BCUT2D eigenvalue weighted by Crippen LogP contribution is 2.31. The van der Waals surface area contributed by atoms with Crippen molar-refractivity contribution in [3.05, 3.63) is 35.4 Å². The largest absolute Gasteiger partial charge is 0.416 e. The van der Waals surface area contributed by atoms with E-state index in [2.05, 4.69) is 32.6 Å². The van der Waals surface area contributed by atoms with E-state index >= 15 is 0 Å². The minimum absolute atomic E-state index is 0.0805. The molecule has 0 aliphatic carbocycles. The predicted octanol–water partition coefficient (Wildman–Crippen LogP) is 4.46. The molecule has 1 aromatic carbocycles. The number of hydrogen-bond donors (Lipinski definition) is 1. The molecule has 4 atom stereocenters. The minimum Gasteiger partial charge on any atom is -0.390 e. The van der Waals surface area contributed by atoms with Crippen LogP contribution in [-0.4, -0.2) is 51.6 Å². The van der Waals surface area contributed by atoms with E-state index in [4.69, 9.17) is 0 Å². The van der Waals surface area contributed by atoms with Crippen LogP contribution in [0.15, 0.2) is 24.3 Å². The molecule has 164 valence electrons. The smallest absolute Gasteiger partial charge is 0.390 e. The van der Waals surface area contributed by atoms with Gasteiger partial charge < -0.3 is 10.0 Å². The lowest BCUT2D eigenvalue weighted by atomic mass is 10.0. The summed E-state index contributed by atoms with van der Waals surface area (Å²) in [5.41, 5.74) is -0.300. The Balaban J connectivity index is 2.15. The number of carbonyl (C=O) groups is 1. The summed E-state index contributed by atoms with van der Waals surface area (Å²) in [5, 5.41) is 10.9. The first-order valence-electron chi connectivity index (χ1n) is 10.5. The van der Waals surface area contributed by atoms with Crippen LogP contribution < -0.4 is 0 Å². The Kier molecular flexibility index (Phi) is 8.11. The topological polar surface area (TPSA) is 43.8 Å². The fraction of sp³-hybridized carbons (Fsp3) is 0.682. The summed E-state index contributed by atoms with van der Waals surface area (Å²) in [4.78, 5) is 16.2. The molecule has 0 aromatic heterocycles. The molecule has 1 N–H and O–H groups in total. The van der Waals surface area contributed by atoms with E-state index in [9.17, 15) is 23.1 Å². The van der Waals surface area contributed by atoms with Crippen LogP contribution in [0.1, 0.15) is 64.5 Å². The van der Waals surface area contributed by atoms with E-state index in [1.165, 1.54) is 6.07 Å². The molecule has 1 aliphatic heterocycles. The molecule has 1 aromatic rings. The zero-order valence-corrected chi connectivity index (χ0v) is 17.7. The number of benzene rings is 1. The van der Waals surface area contributed by atoms with E-state index < -0.39 is 17.8 Å². The van der Waals surface area contributed by atoms with Crippen molar-refractivity contribution < 1.29 is 23.1 Å². The van der Waals surface area contributed by atoms with Crippen molar-refractivity contribution in [3.63, 3.8) is 0 Å². The SMILES string of the molecule is CCC(C)N(C[C@@H](O)[C@@H]1CCC(=O)N1Cc1cccc(C(F)(F)F)c1)C(C)CC. The van der Waals surface area contributed by atoms with Crippen LogP contribution in [0.2, 0.25) is 0 Å². The maximum atomic E-state index is 13.0. The van der Waals surface area contributed by atoms with Gasteiger partial charge in [-0.3, -0.25) is 9.69 Å². The molecule has 7 heteroatoms. The van der Waals surface area contributed by atoms with Crippen molar-refractivity contribution >= 4 is 5.91 Å². The van der Waals surface area contributed by atoms with Crippen molar-refractivity contribution in [2.45, 2.75) is 90.3 Å². The van der Waals surface area contributed by atoms with Crippen LogP contribution in [0.4, 0.5) is 13.2 Å². The van der Waals surface area contributed by atoms with E-state index in [1.54, 1.807) is 11.0 Å². The summed E-state index contributed by atoms with van der Waals surface area (Å²) in [6.07, 6.45) is -2.42. The molecule has 1 saturated heterocycles. The number of alkyl halides is 3. The molecule has 0 spiro atoms. The minimum atomic E-state index is -4.42. The van der Waals surface area contributed by atoms with Crippen molar-refractivity contribution in [2.75, 3.05) is 6.54 Å². The molecule has 1 aliphatic rings. The molecular weight excluding hydrogens is 381 g/mol. The van der Waals surface area contributed by atoms with Gasteiger partial charge in [-0.25, -0.2) is 0 Å². The maximum Gasteiger partial charge on any atom is 0.416 e. The normalized spacial score (nSPS) is 20.9. The van der Waals surface area contributed by atoms with Crippen molar-refractivity contribution in [3.8, 4) is 0 Å². The second-order valence-electron chi connectivity index (χ2n) is 8.10. The van der Waals surface area contributed by atoms with Crippen LogP contribution in [0.25, 0.3) is 0 Å². The highest BCUT2D eigenvalue weighted by atomic mass is 19.4. The number of aliphatic hydroxyl groups excluding tert-OH is 1. The summed E-state index contributed by atoms with van der Waals surface area (Å²) >= 11 is 0. The molecule has 29 heavy (non-hydrogen) atoms. The summed E-state index contributed by atoms with van der Waals surface area (Å²) in [5.74, 6) is -0.120. The van der Waals surface area contributed by atoms with E-state index in [0.717, 1.165) is 25.0 Å². The maximum absolute atomic E-state index is 13.0. The van der Waals surface area contributed by atoms with Gasteiger partial charge in [-0.2, -0.15) is 13.2 Å². The Morgan fingerprint density at radius 2 is 1.83 bits per heavy atom. The molecule has 2 rings (SSSR count). The van der Waals surface area contributed by atoms with Gasteiger partial charge in [0.25, 0.3) is 0 Å². The van der Waals surface area contributed by atoms with E-state index in [-0.39, 0.29) is 18.5 Å². The Morgan fingerprint density at radius 1 is 1.21 bits per heavy atom. The molecule has 0 bridgehead atoms. The Labute approximate surface area is 171 Å². The fourth-order valence-electron chi connectivity index (χ4n) is 4.00. The molecule has 0 radical (unpaired) electrons. The van der Waals surface area contributed by atoms with Crippen LogP contribution in [0, 0.1) is 0 Å². The number of amides is 1. The summed E-state index contributed by atoms with van der Waals surface area (Å²) in [6, 6.07) is 5.28. The van der Waals surface area contributed by atoms with Gasteiger partial charge >= 0.3 is 6.18 Å². The van der Waals surface area contributed by atoms with Gasteiger partial charge in [-0.05, 0) is 50.8 Å². The fourth-order valence-corrected chi connectivity index (χ4v) is 4.00. The highest BCUT2D eigenvalue weighted by Gasteiger charge is 2.38. The molecule has 1 heterocycles. The standard InChI is InChI=1S/C22H33F3N2O2/c1-5-15(3)26(16(4)6-2)14-20(28)19-10-11-21(29)27(19)13-17-8-7-9-18(12-17)22(23,24)25/h7-9,12,15-16,19-20,28H,5-6,10-11,13-14H2,1-4H3/t15?,16?,19-,20+/m0/s1. The van der Waals surface area contributed by atoms with Gasteiger partial charge in [0.1, 0.15) is 0 Å². The van der Waals surface area contributed by atoms with Gasteiger partial charge in [0.05, 0.1) is 17.7 Å². The summed E-state index contributed by atoms with van der Waals surface area (Å²) in [6.45, 7) is 8.98. The number of halogens is 3. The van der Waals surface area contributed by atoms with Gasteiger partial charge in [0, 0.05) is 31.6 Å². The zero-order chi connectivity index (χ0) is 21.8. The second-order valence-corrected chi connectivity index (χ2v) is 8.10. The van der Waals surface area contributed by atoms with Gasteiger partial charge in [0.2, 0.25) is 5.91 Å². The van der Waals surface area contributed by atoms with Crippen molar-refractivity contribution in [1.82, 2.24) is 9.80 Å². The molecule has 1 fully saturated rings.